The minimum Gasteiger partial charge on any atom is -0.399 e. The molecule has 1 fully saturated rings. The monoisotopic (exact) mass is 303 g/mol. The lowest BCUT2D eigenvalue weighted by atomic mass is 10.3. The Bertz CT molecular complexity index is 579. The van der Waals surface area contributed by atoms with Gasteiger partial charge in [-0.1, -0.05) is 0 Å². The van der Waals surface area contributed by atoms with Gasteiger partial charge in [0, 0.05) is 25.3 Å². The van der Waals surface area contributed by atoms with Crippen molar-refractivity contribution in [3.63, 3.8) is 0 Å². The molecule has 2 rings (SSSR count). The van der Waals surface area contributed by atoms with Crippen LogP contribution in [0.1, 0.15) is 0 Å². The average Bonchev–Trinajstić information content (AvgIpc) is 2.36. The largest absolute Gasteiger partial charge is 0.399 e. The molecule has 6 nitrogen and oxygen atoms in total. The Labute approximate surface area is 117 Å². The molecule has 0 bridgehead atoms. The Hall–Kier alpha value is -1.22. The number of ether oxygens (including phenoxy) is 1. The highest BCUT2D eigenvalue weighted by atomic mass is 32.2. The molecule has 112 valence electrons. The molecule has 20 heavy (non-hydrogen) atoms. The molecule has 0 saturated carbocycles. The van der Waals surface area contributed by atoms with Crippen LogP contribution in [0.5, 0.6) is 0 Å². The standard InChI is InChI=1S/C12H18FN3O3S/c1-16-4-5-19-10(8-16)7-15-20(17,18)12-3-2-9(14)6-11(12)13/h2-3,6,10,15H,4-5,7-8,14H2,1H3. The third kappa shape index (κ3) is 3.66. The van der Waals surface area contributed by atoms with Crippen LogP contribution in [0.4, 0.5) is 10.1 Å². The number of nitrogen functional groups attached to an aromatic ring is 1. The predicted molar refractivity (Wildman–Crippen MR) is 73.2 cm³/mol. The number of halogens is 1. The number of anilines is 1. The Morgan fingerprint density at radius 3 is 2.95 bits per heavy atom. The SMILES string of the molecule is CN1CCOC(CNS(=O)(=O)c2ccc(N)cc2F)C1. The van der Waals surface area contributed by atoms with Crippen LogP contribution in [0.25, 0.3) is 0 Å². The average molecular weight is 303 g/mol. The third-order valence-corrected chi connectivity index (χ3v) is 4.55. The van der Waals surface area contributed by atoms with Crippen molar-refractivity contribution in [2.45, 2.75) is 11.0 Å². The molecule has 0 aromatic heterocycles. The van der Waals surface area contributed by atoms with Crippen molar-refractivity contribution in [1.29, 1.82) is 0 Å². The molecule has 1 heterocycles. The summed E-state index contributed by atoms with van der Waals surface area (Å²) in [5.74, 6) is -0.862. The lowest BCUT2D eigenvalue weighted by molar-refractivity contribution is -0.0156. The van der Waals surface area contributed by atoms with Gasteiger partial charge in [-0.25, -0.2) is 17.5 Å². The summed E-state index contributed by atoms with van der Waals surface area (Å²) in [7, 11) is -1.97. The van der Waals surface area contributed by atoms with Gasteiger partial charge >= 0.3 is 0 Å². The van der Waals surface area contributed by atoms with Crippen molar-refractivity contribution < 1.29 is 17.5 Å². The molecule has 0 aliphatic carbocycles. The first kappa shape index (κ1) is 15.2. The molecule has 3 N–H and O–H groups in total. The quantitative estimate of drug-likeness (QED) is 0.766. The van der Waals surface area contributed by atoms with Crippen LogP contribution in [0.15, 0.2) is 23.1 Å². The maximum absolute atomic E-state index is 13.6. The molecule has 1 unspecified atom stereocenters. The van der Waals surface area contributed by atoms with Crippen LogP contribution in [0, 0.1) is 5.82 Å². The molecule has 1 aliphatic heterocycles. The number of nitrogens with one attached hydrogen (secondary N) is 1. The Balaban J connectivity index is 2.03. The first-order valence-electron chi connectivity index (χ1n) is 6.23. The van der Waals surface area contributed by atoms with E-state index in [4.69, 9.17) is 10.5 Å². The van der Waals surface area contributed by atoms with Crippen LogP contribution in [0.2, 0.25) is 0 Å². The second kappa shape index (κ2) is 6.04. The molecule has 0 radical (unpaired) electrons. The van der Waals surface area contributed by atoms with Crippen LogP contribution >= 0.6 is 0 Å². The topological polar surface area (TPSA) is 84.7 Å². The number of nitrogens with two attached hydrogens (primary N) is 1. The highest BCUT2D eigenvalue weighted by Gasteiger charge is 2.23. The summed E-state index contributed by atoms with van der Waals surface area (Å²) in [5.41, 5.74) is 5.58. The van der Waals surface area contributed by atoms with Gasteiger partial charge in [-0.2, -0.15) is 0 Å². The summed E-state index contributed by atoms with van der Waals surface area (Å²) < 4.78 is 45.5. The third-order valence-electron chi connectivity index (χ3n) is 3.09. The van der Waals surface area contributed by atoms with Crippen LogP contribution in [0.3, 0.4) is 0 Å². The van der Waals surface area contributed by atoms with Crippen molar-refractivity contribution in [1.82, 2.24) is 9.62 Å². The summed E-state index contributed by atoms with van der Waals surface area (Å²) in [6, 6.07) is 3.49. The number of hydrogen-bond acceptors (Lipinski definition) is 5. The fraction of sp³-hybridized carbons (Fsp3) is 0.500. The second-order valence-corrected chi connectivity index (χ2v) is 6.53. The first-order valence-corrected chi connectivity index (χ1v) is 7.71. The zero-order valence-electron chi connectivity index (χ0n) is 11.2. The Morgan fingerprint density at radius 1 is 1.55 bits per heavy atom. The summed E-state index contributed by atoms with van der Waals surface area (Å²) in [6.45, 7) is 2.11. The van der Waals surface area contributed by atoms with Crippen LogP contribution in [-0.4, -0.2) is 52.7 Å². The van der Waals surface area contributed by atoms with Crippen LogP contribution < -0.4 is 10.5 Å². The fourth-order valence-corrected chi connectivity index (χ4v) is 3.13. The molecule has 1 aromatic carbocycles. The minimum atomic E-state index is -3.90. The molecule has 0 spiro atoms. The van der Waals surface area contributed by atoms with E-state index in [0.717, 1.165) is 18.7 Å². The van der Waals surface area contributed by atoms with Gasteiger partial charge < -0.3 is 15.4 Å². The van der Waals surface area contributed by atoms with E-state index in [1.807, 2.05) is 11.9 Å². The number of likely N-dealkylation sites (N-methyl/N-ethyl adjacent to an activating group) is 1. The zero-order valence-corrected chi connectivity index (χ0v) is 12.0. The molecular weight excluding hydrogens is 285 g/mol. The predicted octanol–water partition coefficient (Wildman–Crippen LogP) is 0.0168. The number of nitrogens with zero attached hydrogens (tertiary/aromatic N) is 1. The van der Waals surface area contributed by atoms with Crippen LogP contribution in [-0.2, 0) is 14.8 Å². The van der Waals surface area contributed by atoms with E-state index in [2.05, 4.69) is 4.72 Å². The maximum Gasteiger partial charge on any atom is 0.243 e. The molecule has 1 atom stereocenters. The van der Waals surface area contributed by atoms with Gasteiger partial charge in [0.25, 0.3) is 0 Å². The van der Waals surface area contributed by atoms with E-state index in [1.165, 1.54) is 6.07 Å². The van der Waals surface area contributed by atoms with E-state index in [0.29, 0.717) is 13.2 Å². The summed E-state index contributed by atoms with van der Waals surface area (Å²) >= 11 is 0. The Kier molecular flexibility index (Phi) is 4.59. The number of rotatable bonds is 4. The van der Waals surface area contributed by atoms with Crippen molar-refractivity contribution in [3.8, 4) is 0 Å². The highest BCUT2D eigenvalue weighted by Crippen LogP contribution is 2.17. The zero-order chi connectivity index (χ0) is 14.8. The van der Waals surface area contributed by atoms with Gasteiger partial charge in [-0.15, -0.1) is 0 Å². The number of sulfonamides is 1. The van der Waals surface area contributed by atoms with E-state index >= 15 is 0 Å². The van der Waals surface area contributed by atoms with E-state index in [1.54, 1.807) is 0 Å². The highest BCUT2D eigenvalue weighted by molar-refractivity contribution is 7.89. The van der Waals surface area contributed by atoms with Crippen molar-refractivity contribution in [2.24, 2.45) is 0 Å². The fourth-order valence-electron chi connectivity index (χ4n) is 2.01. The summed E-state index contributed by atoms with van der Waals surface area (Å²) in [5, 5.41) is 0. The van der Waals surface area contributed by atoms with E-state index < -0.39 is 20.7 Å². The first-order chi connectivity index (χ1) is 9.38. The van der Waals surface area contributed by atoms with Gasteiger partial charge in [0.1, 0.15) is 10.7 Å². The van der Waals surface area contributed by atoms with Gasteiger partial charge in [0.15, 0.2) is 0 Å². The van der Waals surface area contributed by atoms with Gasteiger partial charge in [0.05, 0.1) is 12.7 Å². The summed E-state index contributed by atoms with van der Waals surface area (Å²) in [4.78, 5) is 1.64. The van der Waals surface area contributed by atoms with Crippen molar-refractivity contribution in [2.75, 3.05) is 39.0 Å². The van der Waals surface area contributed by atoms with Gasteiger partial charge in [-0.3, -0.25) is 0 Å². The molecule has 1 saturated heterocycles. The molecule has 0 amide bonds. The van der Waals surface area contributed by atoms with Crippen molar-refractivity contribution in [3.05, 3.63) is 24.0 Å². The molecule has 1 aliphatic rings. The smallest absolute Gasteiger partial charge is 0.243 e. The number of morpholine rings is 1. The van der Waals surface area contributed by atoms with E-state index in [-0.39, 0.29) is 18.3 Å². The summed E-state index contributed by atoms with van der Waals surface area (Å²) in [6.07, 6.45) is -0.236. The molecule has 8 heteroatoms. The normalized spacial score (nSPS) is 21.0. The number of hydrogen-bond donors (Lipinski definition) is 2. The van der Waals surface area contributed by atoms with Crippen molar-refractivity contribution >= 4 is 15.7 Å². The lowest BCUT2D eigenvalue weighted by Crippen LogP contribution is -2.45. The number of benzene rings is 1. The second-order valence-electron chi connectivity index (χ2n) is 4.80. The van der Waals surface area contributed by atoms with E-state index in [9.17, 15) is 12.8 Å². The van der Waals surface area contributed by atoms with Gasteiger partial charge in [0.2, 0.25) is 10.0 Å². The Morgan fingerprint density at radius 2 is 2.30 bits per heavy atom. The molecule has 1 aromatic rings. The molecular formula is C12H18FN3O3S. The maximum atomic E-state index is 13.6. The minimum absolute atomic E-state index is 0.108. The van der Waals surface area contributed by atoms with Gasteiger partial charge in [-0.05, 0) is 25.2 Å². The lowest BCUT2D eigenvalue weighted by Gasteiger charge is -2.30.